The maximum absolute atomic E-state index is 12.9. The smallest absolute Gasteiger partial charge is 0.246 e. The Labute approximate surface area is 120 Å². The van der Waals surface area contributed by atoms with Gasteiger partial charge >= 0.3 is 0 Å². The van der Waals surface area contributed by atoms with Gasteiger partial charge in [-0.05, 0) is 30.7 Å². The zero-order valence-electron chi connectivity index (χ0n) is 11.2. The van der Waals surface area contributed by atoms with Gasteiger partial charge in [0.1, 0.15) is 11.5 Å². The fourth-order valence-electron chi connectivity index (χ4n) is 1.79. The average Bonchev–Trinajstić information content (AvgIpc) is 2.92. The number of nitrogens with one attached hydrogen (secondary N) is 1. The number of hydrogen-bond donors (Lipinski definition) is 3. The molecule has 0 aliphatic heterocycles. The summed E-state index contributed by atoms with van der Waals surface area (Å²) in [6, 6.07) is 4.69. The minimum absolute atomic E-state index is 0.0439. The Morgan fingerprint density at radius 2 is 2.14 bits per heavy atom. The number of nitrogens with zero attached hydrogens (tertiary/aromatic N) is 3. The van der Waals surface area contributed by atoms with Crippen LogP contribution in [0.3, 0.4) is 0 Å². The molecule has 0 radical (unpaired) electrons. The van der Waals surface area contributed by atoms with Gasteiger partial charge in [0.05, 0.1) is 6.20 Å². The third-order valence-corrected chi connectivity index (χ3v) is 2.84. The summed E-state index contributed by atoms with van der Waals surface area (Å²) in [5, 5.41) is 19.4. The minimum Gasteiger partial charge on any atom is -0.396 e. The van der Waals surface area contributed by atoms with Crippen LogP contribution in [0, 0.1) is 5.82 Å². The van der Waals surface area contributed by atoms with E-state index in [1.807, 2.05) is 0 Å². The number of carbonyl (C=O) groups excluding carboxylic acids is 1. The summed E-state index contributed by atoms with van der Waals surface area (Å²) in [5.74, 6) is -0.986. The van der Waals surface area contributed by atoms with Gasteiger partial charge in [-0.1, -0.05) is 5.21 Å². The highest BCUT2D eigenvalue weighted by Crippen LogP contribution is 2.18. The second-order valence-corrected chi connectivity index (χ2v) is 4.47. The molecular formula is C13H16FN5O2. The summed E-state index contributed by atoms with van der Waals surface area (Å²) < 4.78 is 14.4. The van der Waals surface area contributed by atoms with Crippen LogP contribution in [-0.2, 0) is 11.3 Å². The standard InChI is InChI=1S/C13H16FN5O2/c14-9-2-4-10(5-3-9)16-12(13(15)21)11-8-19(18-17-11)6-1-7-20/h2-5,8,12,16,20H,1,6-7H2,(H2,15,21). The SMILES string of the molecule is NC(=O)C(Nc1ccc(F)cc1)c1cn(CCCO)nn1. The molecule has 8 heteroatoms. The molecule has 0 saturated carbocycles. The molecule has 1 atom stereocenters. The molecule has 21 heavy (non-hydrogen) atoms. The zero-order valence-corrected chi connectivity index (χ0v) is 11.2. The third-order valence-electron chi connectivity index (χ3n) is 2.84. The van der Waals surface area contributed by atoms with E-state index in [4.69, 9.17) is 10.8 Å². The number of primary amides is 1. The molecule has 1 unspecified atom stereocenters. The molecule has 112 valence electrons. The number of aliphatic hydroxyl groups is 1. The second kappa shape index (κ2) is 6.80. The van der Waals surface area contributed by atoms with Crippen LogP contribution in [0.25, 0.3) is 0 Å². The summed E-state index contributed by atoms with van der Waals surface area (Å²) >= 11 is 0. The van der Waals surface area contributed by atoms with Gasteiger partial charge in [-0.25, -0.2) is 4.39 Å². The first-order valence-electron chi connectivity index (χ1n) is 6.42. The van der Waals surface area contributed by atoms with Crippen molar-refractivity contribution < 1.29 is 14.3 Å². The van der Waals surface area contributed by atoms with Crippen LogP contribution in [0.5, 0.6) is 0 Å². The fraction of sp³-hybridized carbons (Fsp3) is 0.308. The normalized spacial score (nSPS) is 12.1. The van der Waals surface area contributed by atoms with Crippen molar-refractivity contribution >= 4 is 11.6 Å². The van der Waals surface area contributed by atoms with Crippen LogP contribution in [0.2, 0.25) is 0 Å². The second-order valence-electron chi connectivity index (χ2n) is 4.47. The van der Waals surface area contributed by atoms with E-state index in [1.165, 1.54) is 28.9 Å². The predicted octanol–water partition coefficient (Wildman–Crippen LogP) is 0.438. The summed E-state index contributed by atoms with van der Waals surface area (Å²) in [7, 11) is 0. The van der Waals surface area contributed by atoms with Crippen molar-refractivity contribution in [2.45, 2.75) is 19.0 Å². The number of aromatic nitrogens is 3. The predicted molar refractivity (Wildman–Crippen MR) is 73.7 cm³/mol. The van der Waals surface area contributed by atoms with Crippen LogP contribution in [0.4, 0.5) is 10.1 Å². The molecule has 2 aromatic rings. The summed E-state index contributed by atoms with van der Waals surface area (Å²) in [4.78, 5) is 11.6. The van der Waals surface area contributed by atoms with E-state index >= 15 is 0 Å². The van der Waals surface area contributed by atoms with Crippen molar-refractivity contribution in [3.05, 3.63) is 42.0 Å². The van der Waals surface area contributed by atoms with E-state index in [0.29, 0.717) is 24.3 Å². The molecule has 1 heterocycles. The first-order valence-corrected chi connectivity index (χ1v) is 6.42. The molecule has 0 bridgehead atoms. The first kappa shape index (κ1) is 14.9. The molecule has 7 nitrogen and oxygen atoms in total. The number of nitrogens with two attached hydrogens (primary N) is 1. The van der Waals surface area contributed by atoms with Crippen molar-refractivity contribution in [3.8, 4) is 0 Å². The maximum Gasteiger partial charge on any atom is 0.246 e. The highest BCUT2D eigenvalue weighted by Gasteiger charge is 2.21. The lowest BCUT2D eigenvalue weighted by atomic mass is 10.2. The molecule has 0 aliphatic carbocycles. The Morgan fingerprint density at radius 3 is 2.76 bits per heavy atom. The van der Waals surface area contributed by atoms with Gasteiger partial charge < -0.3 is 16.2 Å². The zero-order chi connectivity index (χ0) is 15.2. The van der Waals surface area contributed by atoms with Crippen LogP contribution in [0.15, 0.2) is 30.5 Å². The Kier molecular flexibility index (Phi) is 4.83. The Morgan fingerprint density at radius 1 is 1.43 bits per heavy atom. The van der Waals surface area contributed by atoms with E-state index in [-0.39, 0.29) is 12.4 Å². The lowest BCUT2D eigenvalue weighted by Crippen LogP contribution is -2.28. The highest BCUT2D eigenvalue weighted by atomic mass is 19.1. The minimum atomic E-state index is -0.863. The van der Waals surface area contributed by atoms with Crippen molar-refractivity contribution in [2.75, 3.05) is 11.9 Å². The molecular weight excluding hydrogens is 277 g/mol. The summed E-state index contributed by atoms with van der Waals surface area (Å²) in [6.07, 6.45) is 2.12. The molecule has 0 spiro atoms. The number of aryl methyl sites for hydroxylation is 1. The Balaban J connectivity index is 2.13. The summed E-state index contributed by atoms with van der Waals surface area (Å²) in [5.41, 5.74) is 6.28. The number of halogens is 1. The quantitative estimate of drug-likeness (QED) is 0.686. The molecule has 2 rings (SSSR count). The molecule has 0 saturated heterocycles. The number of benzene rings is 1. The topological polar surface area (TPSA) is 106 Å². The first-order chi connectivity index (χ1) is 10.1. The van der Waals surface area contributed by atoms with Crippen LogP contribution >= 0.6 is 0 Å². The van der Waals surface area contributed by atoms with E-state index in [1.54, 1.807) is 6.20 Å². The van der Waals surface area contributed by atoms with Gasteiger partial charge in [0.25, 0.3) is 0 Å². The Bertz CT molecular complexity index is 599. The van der Waals surface area contributed by atoms with Crippen LogP contribution < -0.4 is 11.1 Å². The summed E-state index contributed by atoms with van der Waals surface area (Å²) in [6.45, 7) is 0.536. The van der Waals surface area contributed by atoms with Crippen molar-refractivity contribution in [2.24, 2.45) is 5.73 Å². The van der Waals surface area contributed by atoms with Crippen molar-refractivity contribution in [1.29, 1.82) is 0 Å². The van der Waals surface area contributed by atoms with Crippen LogP contribution in [-0.4, -0.2) is 32.6 Å². The maximum atomic E-state index is 12.9. The van der Waals surface area contributed by atoms with E-state index < -0.39 is 11.9 Å². The van der Waals surface area contributed by atoms with Gasteiger partial charge in [0.15, 0.2) is 6.04 Å². The largest absolute Gasteiger partial charge is 0.396 e. The number of aliphatic hydroxyl groups excluding tert-OH is 1. The average molecular weight is 293 g/mol. The van der Waals surface area contributed by atoms with Crippen LogP contribution in [0.1, 0.15) is 18.2 Å². The highest BCUT2D eigenvalue weighted by molar-refractivity contribution is 5.83. The van der Waals surface area contributed by atoms with Gasteiger partial charge in [0, 0.05) is 18.8 Å². The number of hydrogen-bond acceptors (Lipinski definition) is 5. The lowest BCUT2D eigenvalue weighted by Gasteiger charge is -2.13. The molecule has 1 amide bonds. The van der Waals surface area contributed by atoms with Crippen molar-refractivity contribution in [3.63, 3.8) is 0 Å². The molecule has 4 N–H and O–H groups in total. The van der Waals surface area contributed by atoms with E-state index in [0.717, 1.165) is 0 Å². The number of amides is 1. The van der Waals surface area contributed by atoms with Gasteiger partial charge in [0.2, 0.25) is 5.91 Å². The molecule has 0 aliphatic rings. The molecule has 1 aromatic heterocycles. The van der Waals surface area contributed by atoms with Gasteiger partial charge in [-0.2, -0.15) is 0 Å². The van der Waals surface area contributed by atoms with Crippen molar-refractivity contribution in [1.82, 2.24) is 15.0 Å². The molecule has 0 fully saturated rings. The van der Waals surface area contributed by atoms with E-state index in [9.17, 15) is 9.18 Å². The van der Waals surface area contributed by atoms with Gasteiger partial charge in [-0.3, -0.25) is 9.48 Å². The van der Waals surface area contributed by atoms with E-state index in [2.05, 4.69) is 15.6 Å². The molecule has 1 aromatic carbocycles. The third kappa shape index (κ3) is 3.99. The van der Waals surface area contributed by atoms with Gasteiger partial charge in [-0.15, -0.1) is 5.10 Å². The monoisotopic (exact) mass is 293 g/mol. The fourth-order valence-corrected chi connectivity index (χ4v) is 1.79. The lowest BCUT2D eigenvalue weighted by molar-refractivity contribution is -0.118. The number of carbonyl (C=O) groups is 1. The Hall–Kier alpha value is -2.48. The number of rotatable bonds is 7. The number of anilines is 1.